The molecular formula is C34H42F2O4. The van der Waals surface area contributed by atoms with Gasteiger partial charge in [0.1, 0.15) is 11.9 Å². The van der Waals surface area contributed by atoms with Crippen molar-refractivity contribution in [3.8, 4) is 33.8 Å². The lowest BCUT2D eigenvalue weighted by molar-refractivity contribution is 0.0255. The van der Waals surface area contributed by atoms with Crippen LogP contribution in [-0.2, 0) is 4.74 Å². The lowest BCUT2D eigenvalue weighted by atomic mass is 9.92. The van der Waals surface area contributed by atoms with Gasteiger partial charge >= 0.3 is 5.97 Å². The fourth-order valence-electron chi connectivity index (χ4n) is 4.84. The normalized spacial score (nSPS) is 11.8. The van der Waals surface area contributed by atoms with Crippen LogP contribution in [0.25, 0.3) is 22.3 Å². The molecule has 3 aromatic carbocycles. The van der Waals surface area contributed by atoms with Crippen LogP contribution < -0.4 is 4.74 Å². The minimum atomic E-state index is -1.19. The predicted molar refractivity (Wildman–Crippen MR) is 157 cm³/mol. The Bertz CT molecular complexity index is 1230. The number of hydrogen-bond donors (Lipinski definition) is 1. The predicted octanol–water partition coefficient (Wildman–Crippen LogP) is 9.87. The number of ether oxygens (including phenoxy) is 2. The van der Waals surface area contributed by atoms with E-state index in [0.29, 0.717) is 24.0 Å². The van der Waals surface area contributed by atoms with Gasteiger partial charge in [-0.1, -0.05) is 96.0 Å². The van der Waals surface area contributed by atoms with Crippen molar-refractivity contribution in [3.63, 3.8) is 0 Å². The lowest BCUT2D eigenvalue weighted by Gasteiger charge is -2.20. The van der Waals surface area contributed by atoms with Crippen LogP contribution >= 0.6 is 0 Å². The first-order valence-corrected chi connectivity index (χ1v) is 14.7. The number of hydrogen-bond acceptors (Lipinski definition) is 4. The molecule has 0 saturated heterocycles. The monoisotopic (exact) mass is 552 g/mol. The van der Waals surface area contributed by atoms with E-state index < -0.39 is 17.6 Å². The molecule has 40 heavy (non-hydrogen) atoms. The third-order valence-corrected chi connectivity index (χ3v) is 7.07. The van der Waals surface area contributed by atoms with Crippen molar-refractivity contribution in [1.82, 2.24) is 0 Å². The molecule has 0 spiro atoms. The van der Waals surface area contributed by atoms with E-state index >= 15 is 8.78 Å². The van der Waals surface area contributed by atoms with Gasteiger partial charge < -0.3 is 14.6 Å². The van der Waals surface area contributed by atoms with Crippen LogP contribution in [0.1, 0.15) is 95.3 Å². The van der Waals surface area contributed by atoms with Crippen LogP contribution in [0.5, 0.6) is 11.5 Å². The molecule has 4 nitrogen and oxygen atoms in total. The molecule has 0 aliphatic heterocycles. The molecule has 3 rings (SSSR count). The van der Waals surface area contributed by atoms with Crippen molar-refractivity contribution in [2.75, 3.05) is 6.61 Å². The van der Waals surface area contributed by atoms with Crippen LogP contribution in [0.2, 0.25) is 0 Å². The summed E-state index contributed by atoms with van der Waals surface area (Å²) in [4.78, 5) is 13.4. The minimum Gasteiger partial charge on any atom is -0.507 e. The second kappa shape index (κ2) is 16.0. The van der Waals surface area contributed by atoms with Gasteiger partial charge in [0.05, 0.1) is 12.2 Å². The summed E-state index contributed by atoms with van der Waals surface area (Å²) in [6, 6.07) is 14.9. The Kier molecular flexibility index (Phi) is 12.4. The van der Waals surface area contributed by atoms with Gasteiger partial charge in [-0.2, -0.15) is 4.39 Å². The molecule has 0 aliphatic carbocycles. The highest BCUT2D eigenvalue weighted by molar-refractivity contribution is 6.01. The molecular weight excluding hydrogens is 510 g/mol. The molecule has 1 atom stereocenters. The van der Waals surface area contributed by atoms with Crippen LogP contribution in [0.15, 0.2) is 54.6 Å². The maximum absolute atomic E-state index is 15.6. The molecule has 0 bridgehead atoms. The van der Waals surface area contributed by atoms with Gasteiger partial charge in [0.15, 0.2) is 11.6 Å². The number of carbonyl (C=O) groups is 1. The first-order chi connectivity index (χ1) is 19.4. The Morgan fingerprint density at radius 1 is 0.775 bits per heavy atom. The Hall–Kier alpha value is -3.41. The second-order valence-electron chi connectivity index (χ2n) is 10.2. The molecule has 1 N–H and O–H groups in total. The zero-order valence-electron chi connectivity index (χ0n) is 24.0. The molecule has 0 saturated carbocycles. The largest absolute Gasteiger partial charge is 0.507 e. The standard InChI is InChI=1S/C34H42F2O4/c1-4-7-9-10-14-23-39-29-22-21-27(31(35)32(29)36)30-28(34(38)40-25(15-6-3)18-8-5-2)20-19-26(33(30)37)24-16-12-11-13-17-24/h11-13,16-17,19-22,25,37H,4-10,14-15,18,23H2,1-3H3. The molecule has 6 heteroatoms. The summed E-state index contributed by atoms with van der Waals surface area (Å²) in [6.07, 6.45) is 8.85. The summed E-state index contributed by atoms with van der Waals surface area (Å²) in [5, 5.41) is 11.4. The maximum Gasteiger partial charge on any atom is 0.339 e. The van der Waals surface area contributed by atoms with Crippen LogP contribution in [0, 0.1) is 11.6 Å². The van der Waals surface area contributed by atoms with Crippen molar-refractivity contribution < 1.29 is 28.2 Å². The summed E-state index contributed by atoms with van der Waals surface area (Å²) in [6.45, 7) is 6.50. The fourth-order valence-corrected chi connectivity index (χ4v) is 4.84. The summed E-state index contributed by atoms with van der Waals surface area (Å²) in [5.74, 6) is -3.52. The lowest BCUT2D eigenvalue weighted by Crippen LogP contribution is -2.19. The van der Waals surface area contributed by atoms with Gasteiger partial charge in [0, 0.05) is 16.7 Å². The SMILES string of the molecule is CCCCCCCOc1ccc(-c2c(C(=O)OC(CCC)CCCC)ccc(-c3ccccc3)c2O)c(F)c1F. The number of phenolic OH excluding ortho intramolecular Hbond substituents is 1. The Balaban J connectivity index is 2.00. The van der Waals surface area contributed by atoms with E-state index in [-0.39, 0.29) is 40.9 Å². The van der Waals surface area contributed by atoms with Crippen LogP contribution in [0.4, 0.5) is 8.78 Å². The summed E-state index contributed by atoms with van der Waals surface area (Å²) < 4.78 is 42.2. The van der Waals surface area contributed by atoms with E-state index in [9.17, 15) is 9.90 Å². The smallest absolute Gasteiger partial charge is 0.339 e. The molecule has 0 amide bonds. The van der Waals surface area contributed by atoms with E-state index in [1.54, 1.807) is 18.2 Å². The fraction of sp³-hybridized carbons (Fsp3) is 0.441. The molecule has 1 unspecified atom stereocenters. The third-order valence-electron chi connectivity index (χ3n) is 7.07. The highest BCUT2D eigenvalue weighted by Gasteiger charge is 2.27. The van der Waals surface area contributed by atoms with Crippen LogP contribution in [-0.4, -0.2) is 23.8 Å². The number of unbranched alkanes of at least 4 members (excludes halogenated alkanes) is 5. The number of aromatic hydroxyl groups is 1. The topological polar surface area (TPSA) is 55.8 Å². The van der Waals surface area contributed by atoms with E-state index in [1.165, 1.54) is 18.2 Å². The van der Waals surface area contributed by atoms with Gasteiger partial charge in [-0.25, -0.2) is 9.18 Å². The summed E-state index contributed by atoms with van der Waals surface area (Å²) in [7, 11) is 0. The van der Waals surface area contributed by atoms with Crippen molar-refractivity contribution in [2.24, 2.45) is 0 Å². The summed E-state index contributed by atoms with van der Waals surface area (Å²) >= 11 is 0. The Labute approximate surface area is 237 Å². The number of benzene rings is 3. The molecule has 0 aromatic heterocycles. The van der Waals surface area contributed by atoms with Crippen LogP contribution in [0.3, 0.4) is 0 Å². The molecule has 0 heterocycles. The van der Waals surface area contributed by atoms with Gasteiger partial charge in [-0.15, -0.1) is 0 Å². The van der Waals surface area contributed by atoms with E-state index in [1.807, 2.05) is 25.1 Å². The van der Waals surface area contributed by atoms with Gasteiger partial charge in [-0.3, -0.25) is 0 Å². The average molecular weight is 553 g/mol. The number of carbonyl (C=O) groups excluding carboxylic acids is 1. The molecule has 0 radical (unpaired) electrons. The number of phenols is 1. The minimum absolute atomic E-state index is 0.0160. The Morgan fingerprint density at radius 2 is 1.48 bits per heavy atom. The van der Waals surface area contributed by atoms with Gasteiger partial charge in [0.25, 0.3) is 0 Å². The first kappa shape index (κ1) is 31.1. The maximum atomic E-state index is 15.6. The highest BCUT2D eigenvalue weighted by atomic mass is 19.2. The third kappa shape index (κ3) is 8.06. The number of rotatable bonds is 16. The zero-order valence-corrected chi connectivity index (χ0v) is 24.0. The van der Waals surface area contributed by atoms with Crippen molar-refractivity contribution in [1.29, 1.82) is 0 Å². The van der Waals surface area contributed by atoms with E-state index in [2.05, 4.69) is 13.8 Å². The molecule has 0 aliphatic rings. The zero-order chi connectivity index (χ0) is 28.9. The first-order valence-electron chi connectivity index (χ1n) is 14.7. The van der Waals surface area contributed by atoms with Crippen molar-refractivity contribution >= 4 is 5.97 Å². The average Bonchev–Trinajstić information content (AvgIpc) is 2.96. The molecule has 216 valence electrons. The quantitative estimate of drug-likeness (QED) is 0.142. The highest BCUT2D eigenvalue weighted by Crippen LogP contribution is 2.43. The van der Waals surface area contributed by atoms with Gasteiger partial charge in [-0.05, 0) is 49.1 Å². The Morgan fingerprint density at radius 3 is 2.17 bits per heavy atom. The number of esters is 1. The molecule has 3 aromatic rings. The van der Waals surface area contributed by atoms with Crippen molar-refractivity contribution in [2.45, 2.75) is 91.1 Å². The van der Waals surface area contributed by atoms with E-state index in [0.717, 1.165) is 51.4 Å². The molecule has 0 fully saturated rings. The summed E-state index contributed by atoms with van der Waals surface area (Å²) in [5.41, 5.74) is 0.736. The van der Waals surface area contributed by atoms with Crippen molar-refractivity contribution in [3.05, 3.63) is 71.8 Å². The second-order valence-corrected chi connectivity index (χ2v) is 10.2. The number of halogens is 2. The van der Waals surface area contributed by atoms with E-state index in [4.69, 9.17) is 9.47 Å². The van der Waals surface area contributed by atoms with Gasteiger partial charge in [0.2, 0.25) is 5.82 Å².